The molecule has 1 unspecified atom stereocenters. The fraction of sp³-hybridized carbons (Fsp3) is 0.733. The number of methoxy groups -OCH3 is 2. The van der Waals surface area contributed by atoms with Gasteiger partial charge in [0.2, 0.25) is 0 Å². The van der Waals surface area contributed by atoms with Crippen LogP contribution < -0.4 is 5.32 Å². The minimum absolute atomic E-state index is 0.147. The second kappa shape index (κ2) is 7.08. The van der Waals surface area contributed by atoms with Crippen molar-refractivity contribution in [2.75, 3.05) is 27.8 Å². The van der Waals surface area contributed by atoms with E-state index in [1.807, 2.05) is 0 Å². The molecule has 1 N–H and O–H groups in total. The molecule has 0 amide bonds. The molecule has 1 heterocycles. The smallest absolute Gasteiger partial charge is 0.169 e. The minimum atomic E-state index is -0.147. The van der Waals surface area contributed by atoms with Crippen molar-refractivity contribution in [3.63, 3.8) is 0 Å². The molecule has 3 atom stereocenters. The van der Waals surface area contributed by atoms with Gasteiger partial charge in [0.05, 0.1) is 0 Å². The number of likely N-dealkylation sites (N-methyl/N-ethyl adjacent to an activating group) is 1. The number of nitrogens with zero attached hydrogens (tertiary/aromatic N) is 1. The Balaban J connectivity index is 2.01. The zero-order valence-corrected chi connectivity index (χ0v) is 12.2. The van der Waals surface area contributed by atoms with Crippen molar-refractivity contribution < 1.29 is 9.47 Å². The molecule has 0 aromatic rings. The molecule has 1 fully saturated rings. The molecule has 0 aromatic heterocycles. The zero-order valence-electron chi connectivity index (χ0n) is 12.2. The molecule has 1 saturated carbocycles. The van der Waals surface area contributed by atoms with Gasteiger partial charge in [0.25, 0.3) is 0 Å². The van der Waals surface area contributed by atoms with Crippen molar-refractivity contribution in [3.05, 3.63) is 24.4 Å². The first-order chi connectivity index (χ1) is 9.26. The first kappa shape index (κ1) is 14.6. The summed E-state index contributed by atoms with van der Waals surface area (Å²) in [6, 6.07) is 1.11. The van der Waals surface area contributed by atoms with Crippen LogP contribution in [0.15, 0.2) is 24.4 Å². The van der Waals surface area contributed by atoms with Crippen LogP contribution in [0, 0.1) is 5.92 Å². The lowest BCUT2D eigenvalue weighted by Crippen LogP contribution is -2.50. The van der Waals surface area contributed by atoms with E-state index in [1.54, 1.807) is 14.2 Å². The summed E-state index contributed by atoms with van der Waals surface area (Å²) in [6.45, 7) is 0.808. The molecule has 0 radical (unpaired) electrons. The summed E-state index contributed by atoms with van der Waals surface area (Å²) in [5, 5.41) is 3.52. The van der Waals surface area contributed by atoms with Crippen LogP contribution in [0.5, 0.6) is 0 Å². The van der Waals surface area contributed by atoms with E-state index in [9.17, 15) is 0 Å². The maximum absolute atomic E-state index is 5.31. The van der Waals surface area contributed by atoms with Crippen LogP contribution in [-0.2, 0) is 9.47 Å². The fourth-order valence-corrected chi connectivity index (χ4v) is 3.21. The second-order valence-electron chi connectivity index (χ2n) is 5.43. The summed E-state index contributed by atoms with van der Waals surface area (Å²) >= 11 is 0. The van der Waals surface area contributed by atoms with Crippen molar-refractivity contribution in [2.45, 2.75) is 37.6 Å². The SMILES string of the molecule is COC(CN(C)C1CCC[C@H]2NC=CC=C[C@@H]12)OC. The van der Waals surface area contributed by atoms with Gasteiger partial charge in [0, 0.05) is 38.8 Å². The van der Waals surface area contributed by atoms with Gasteiger partial charge in [-0.15, -0.1) is 0 Å². The number of allylic oxidation sites excluding steroid dienone is 2. The molecule has 1 aliphatic heterocycles. The third kappa shape index (κ3) is 3.59. The Morgan fingerprint density at radius 2 is 2.05 bits per heavy atom. The Morgan fingerprint density at radius 3 is 2.79 bits per heavy atom. The van der Waals surface area contributed by atoms with Gasteiger partial charge in [-0.3, -0.25) is 4.90 Å². The van der Waals surface area contributed by atoms with Crippen molar-refractivity contribution in [2.24, 2.45) is 5.92 Å². The van der Waals surface area contributed by atoms with Crippen LogP contribution >= 0.6 is 0 Å². The molecular weight excluding hydrogens is 240 g/mol. The number of fused-ring (bicyclic) bond motifs is 1. The van der Waals surface area contributed by atoms with Crippen LogP contribution in [0.1, 0.15) is 19.3 Å². The highest BCUT2D eigenvalue weighted by atomic mass is 16.7. The van der Waals surface area contributed by atoms with Gasteiger partial charge < -0.3 is 14.8 Å². The summed E-state index contributed by atoms with van der Waals surface area (Å²) in [4.78, 5) is 2.38. The summed E-state index contributed by atoms with van der Waals surface area (Å²) in [5.74, 6) is 0.558. The van der Waals surface area contributed by atoms with Gasteiger partial charge in [-0.1, -0.05) is 12.2 Å². The number of ether oxygens (including phenoxy) is 2. The van der Waals surface area contributed by atoms with E-state index in [0.29, 0.717) is 18.0 Å². The number of hydrogen-bond donors (Lipinski definition) is 1. The van der Waals surface area contributed by atoms with Crippen LogP contribution in [0.4, 0.5) is 0 Å². The van der Waals surface area contributed by atoms with Gasteiger partial charge in [0.1, 0.15) is 0 Å². The standard InChI is InChI=1S/C15H26N2O2/c1-17(11-15(18-2)19-3)14-9-6-8-13-12(14)7-4-5-10-16-13/h4-5,7,10,12-16H,6,8-9,11H2,1-3H3/t12-,13-,14?/m1/s1. The number of hydrogen-bond acceptors (Lipinski definition) is 4. The van der Waals surface area contributed by atoms with Crippen LogP contribution in [0.2, 0.25) is 0 Å². The molecule has 108 valence electrons. The van der Waals surface area contributed by atoms with E-state index < -0.39 is 0 Å². The van der Waals surface area contributed by atoms with Crippen molar-refractivity contribution in [1.29, 1.82) is 0 Å². The predicted molar refractivity (Wildman–Crippen MR) is 76.8 cm³/mol. The normalized spacial score (nSPS) is 30.3. The second-order valence-corrected chi connectivity index (χ2v) is 5.43. The van der Waals surface area contributed by atoms with E-state index in [0.717, 1.165) is 6.54 Å². The molecule has 0 aromatic carbocycles. The predicted octanol–water partition coefficient (Wildman–Crippen LogP) is 1.75. The van der Waals surface area contributed by atoms with E-state index in [4.69, 9.17) is 9.47 Å². The van der Waals surface area contributed by atoms with Gasteiger partial charge in [-0.05, 0) is 38.6 Å². The van der Waals surface area contributed by atoms with Gasteiger partial charge >= 0.3 is 0 Å². The summed E-state index contributed by atoms with van der Waals surface area (Å²) in [5.41, 5.74) is 0. The molecule has 0 bridgehead atoms. The average Bonchev–Trinajstić information content (AvgIpc) is 2.69. The maximum atomic E-state index is 5.31. The van der Waals surface area contributed by atoms with Crippen molar-refractivity contribution >= 4 is 0 Å². The molecule has 1 aliphatic carbocycles. The first-order valence-corrected chi connectivity index (χ1v) is 7.11. The fourth-order valence-electron chi connectivity index (χ4n) is 3.21. The van der Waals surface area contributed by atoms with E-state index in [1.165, 1.54) is 19.3 Å². The average molecular weight is 266 g/mol. The molecule has 0 spiro atoms. The highest BCUT2D eigenvalue weighted by Crippen LogP contribution is 2.30. The van der Waals surface area contributed by atoms with Crippen LogP contribution in [0.25, 0.3) is 0 Å². The molecule has 2 aliphatic rings. The highest BCUT2D eigenvalue weighted by molar-refractivity contribution is 5.13. The Bertz CT molecular complexity index is 326. The third-order valence-corrected chi connectivity index (χ3v) is 4.30. The van der Waals surface area contributed by atoms with E-state index in [2.05, 4.69) is 41.7 Å². The Kier molecular flexibility index (Phi) is 5.43. The van der Waals surface area contributed by atoms with Gasteiger partial charge in [-0.25, -0.2) is 0 Å². The summed E-state index contributed by atoms with van der Waals surface area (Å²) < 4.78 is 10.6. The largest absolute Gasteiger partial charge is 0.388 e. The Morgan fingerprint density at radius 1 is 1.26 bits per heavy atom. The summed E-state index contributed by atoms with van der Waals surface area (Å²) in [6.07, 6.45) is 12.3. The third-order valence-electron chi connectivity index (χ3n) is 4.30. The lowest BCUT2D eigenvalue weighted by Gasteiger charge is -2.41. The quantitative estimate of drug-likeness (QED) is 0.769. The molecular formula is C15H26N2O2. The number of rotatable bonds is 5. The van der Waals surface area contributed by atoms with E-state index >= 15 is 0 Å². The minimum Gasteiger partial charge on any atom is -0.388 e. The summed E-state index contributed by atoms with van der Waals surface area (Å²) in [7, 11) is 5.57. The molecule has 0 saturated heterocycles. The Labute approximate surface area is 116 Å². The van der Waals surface area contributed by atoms with Crippen molar-refractivity contribution in [1.82, 2.24) is 10.2 Å². The molecule has 4 nitrogen and oxygen atoms in total. The maximum Gasteiger partial charge on any atom is 0.169 e. The zero-order chi connectivity index (χ0) is 13.7. The molecule has 2 rings (SSSR count). The van der Waals surface area contributed by atoms with E-state index in [-0.39, 0.29) is 6.29 Å². The lowest BCUT2D eigenvalue weighted by atomic mass is 9.79. The van der Waals surface area contributed by atoms with Crippen molar-refractivity contribution in [3.8, 4) is 0 Å². The monoisotopic (exact) mass is 266 g/mol. The number of nitrogens with one attached hydrogen (secondary N) is 1. The topological polar surface area (TPSA) is 33.7 Å². The molecule has 4 heteroatoms. The Hall–Kier alpha value is -0.840. The van der Waals surface area contributed by atoms with Gasteiger partial charge in [-0.2, -0.15) is 0 Å². The highest BCUT2D eigenvalue weighted by Gasteiger charge is 2.34. The lowest BCUT2D eigenvalue weighted by molar-refractivity contribution is -0.120. The van der Waals surface area contributed by atoms with Gasteiger partial charge in [0.15, 0.2) is 6.29 Å². The molecule has 19 heavy (non-hydrogen) atoms. The van der Waals surface area contributed by atoms with Crippen LogP contribution in [-0.4, -0.2) is 51.1 Å². The first-order valence-electron chi connectivity index (χ1n) is 7.11. The van der Waals surface area contributed by atoms with Crippen LogP contribution in [0.3, 0.4) is 0 Å².